The van der Waals surface area contributed by atoms with E-state index in [1.807, 2.05) is 0 Å². The molecule has 1 aliphatic rings. The van der Waals surface area contributed by atoms with Crippen molar-refractivity contribution in [3.05, 3.63) is 0 Å². The van der Waals surface area contributed by atoms with E-state index in [9.17, 15) is 8.78 Å². The third-order valence-corrected chi connectivity index (χ3v) is 0.752. The second kappa shape index (κ2) is 2.04. The van der Waals surface area contributed by atoms with E-state index in [-0.39, 0.29) is 12.5 Å². The normalized spacial score (nSPS) is 18.6. The lowest BCUT2D eigenvalue weighted by Crippen LogP contribution is -2.33. The van der Waals surface area contributed by atoms with Gasteiger partial charge in [0.05, 0.1) is 0 Å². The Labute approximate surface area is 44.8 Å². The highest BCUT2D eigenvalue weighted by Gasteiger charge is 2.14. The van der Waals surface area contributed by atoms with E-state index in [1.165, 1.54) is 0 Å². The summed E-state index contributed by atoms with van der Waals surface area (Å²) in [6.45, 7) is 0.236. The van der Waals surface area contributed by atoms with Crippen LogP contribution in [0.25, 0.3) is 0 Å². The van der Waals surface area contributed by atoms with Gasteiger partial charge in [-0.3, -0.25) is 0 Å². The summed E-state index contributed by atoms with van der Waals surface area (Å²) in [6.07, 6.45) is -2.48. The topological polar surface area (TPSA) is 36.4 Å². The van der Waals surface area contributed by atoms with Crippen LogP contribution in [0.15, 0.2) is 4.99 Å². The van der Waals surface area contributed by atoms with Gasteiger partial charge in [0.2, 0.25) is 0 Å². The minimum atomic E-state index is -2.48. The Balaban J connectivity index is 2.45. The fraction of sp³-hybridized carbons (Fsp3) is 0.667. The third kappa shape index (κ3) is 0.919. The Hall–Kier alpha value is -0.710. The van der Waals surface area contributed by atoms with Crippen molar-refractivity contribution in [3.63, 3.8) is 0 Å². The van der Waals surface area contributed by atoms with Crippen molar-refractivity contribution in [1.29, 1.82) is 0 Å². The average molecular weight is 121 g/mol. The fourth-order valence-electron chi connectivity index (χ4n) is 0.418. The van der Waals surface area contributed by atoms with Crippen LogP contribution >= 0.6 is 0 Å². The molecular formula is C3H5F2N3. The molecule has 3 nitrogen and oxygen atoms in total. The lowest BCUT2D eigenvalue weighted by Gasteiger charge is -1.96. The molecule has 0 unspecified atom stereocenters. The van der Waals surface area contributed by atoms with Crippen molar-refractivity contribution in [1.82, 2.24) is 10.9 Å². The number of hydrazine groups is 1. The summed E-state index contributed by atoms with van der Waals surface area (Å²) in [5, 5.41) is 0. The minimum absolute atomic E-state index is 0.236. The van der Waals surface area contributed by atoms with Crippen LogP contribution in [-0.4, -0.2) is 18.9 Å². The molecule has 2 N–H and O–H groups in total. The highest BCUT2D eigenvalue weighted by molar-refractivity contribution is 5.85. The van der Waals surface area contributed by atoms with Crippen LogP contribution in [0.3, 0.4) is 0 Å². The van der Waals surface area contributed by atoms with Crippen LogP contribution < -0.4 is 10.9 Å². The summed E-state index contributed by atoms with van der Waals surface area (Å²) in [5.41, 5.74) is 4.63. The van der Waals surface area contributed by atoms with Gasteiger partial charge in [-0.15, -0.1) is 0 Å². The van der Waals surface area contributed by atoms with Crippen molar-refractivity contribution < 1.29 is 8.78 Å². The lowest BCUT2D eigenvalue weighted by molar-refractivity contribution is 0.221. The van der Waals surface area contributed by atoms with E-state index < -0.39 is 6.43 Å². The second-order valence-corrected chi connectivity index (χ2v) is 1.30. The van der Waals surface area contributed by atoms with Crippen LogP contribution in [0.2, 0.25) is 0 Å². The van der Waals surface area contributed by atoms with Crippen LogP contribution in [-0.2, 0) is 0 Å². The molecule has 0 amide bonds. The molecule has 0 saturated heterocycles. The van der Waals surface area contributed by atoms with Gasteiger partial charge in [-0.05, 0) is 0 Å². The molecule has 0 atom stereocenters. The van der Waals surface area contributed by atoms with Crippen LogP contribution in [0.5, 0.6) is 0 Å². The van der Waals surface area contributed by atoms with Gasteiger partial charge in [-0.2, -0.15) is 0 Å². The molecule has 0 spiro atoms. The molecule has 0 bridgehead atoms. The Morgan fingerprint density at radius 3 is 2.62 bits per heavy atom. The highest BCUT2D eigenvalue weighted by atomic mass is 19.3. The Morgan fingerprint density at radius 2 is 2.38 bits per heavy atom. The Kier molecular flexibility index (Phi) is 1.38. The molecule has 0 aromatic carbocycles. The number of aliphatic imine (C=N–C) groups is 1. The number of alkyl halides is 2. The van der Waals surface area contributed by atoms with E-state index in [0.717, 1.165) is 0 Å². The molecule has 1 heterocycles. The Morgan fingerprint density at radius 1 is 1.62 bits per heavy atom. The van der Waals surface area contributed by atoms with Crippen molar-refractivity contribution in [3.8, 4) is 0 Å². The summed E-state index contributed by atoms with van der Waals surface area (Å²) in [6, 6.07) is 0. The first-order valence-electron chi connectivity index (χ1n) is 2.12. The monoisotopic (exact) mass is 121 g/mol. The molecule has 0 aromatic heterocycles. The SMILES string of the molecule is FC(F)C1=NCNN1. The number of halogens is 2. The number of hydrogen-bond acceptors (Lipinski definition) is 3. The summed E-state index contributed by atoms with van der Waals surface area (Å²) in [7, 11) is 0. The van der Waals surface area contributed by atoms with Gasteiger partial charge in [0.1, 0.15) is 6.67 Å². The van der Waals surface area contributed by atoms with Crippen LogP contribution in [0.1, 0.15) is 0 Å². The van der Waals surface area contributed by atoms with Gasteiger partial charge in [-0.1, -0.05) is 0 Å². The van der Waals surface area contributed by atoms with Crippen molar-refractivity contribution in [2.75, 3.05) is 6.67 Å². The summed E-state index contributed by atoms with van der Waals surface area (Å²) in [4.78, 5) is 3.38. The average Bonchev–Trinajstić information content (AvgIpc) is 2.12. The van der Waals surface area contributed by atoms with Gasteiger partial charge in [0.25, 0.3) is 6.43 Å². The fourth-order valence-corrected chi connectivity index (χ4v) is 0.418. The summed E-state index contributed by atoms with van der Waals surface area (Å²) >= 11 is 0. The van der Waals surface area contributed by atoms with Crippen molar-refractivity contribution >= 4 is 5.84 Å². The van der Waals surface area contributed by atoms with Crippen molar-refractivity contribution in [2.24, 2.45) is 4.99 Å². The lowest BCUT2D eigenvalue weighted by atomic mass is 10.6. The smallest absolute Gasteiger partial charge is 0.296 e. The zero-order chi connectivity index (χ0) is 5.98. The maximum absolute atomic E-state index is 11.5. The van der Waals surface area contributed by atoms with E-state index in [4.69, 9.17) is 0 Å². The van der Waals surface area contributed by atoms with E-state index in [2.05, 4.69) is 15.8 Å². The van der Waals surface area contributed by atoms with Gasteiger partial charge in [-0.25, -0.2) is 19.2 Å². The first-order chi connectivity index (χ1) is 3.80. The number of nitrogens with zero attached hydrogens (tertiary/aromatic N) is 1. The van der Waals surface area contributed by atoms with E-state index in [1.54, 1.807) is 0 Å². The maximum atomic E-state index is 11.5. The van der Waals surface area contributed by atoms with Crippen LogP contribution in [0.4, 0.5) is 8.78 Å². The number of rotatable bonds is 1. The summed E-state index contributed by atoms with van der Waals surface area (Å²) in [5.74, 6) is -0.273. The predicted molar refractivity (Wildman–Crippen MR) is 24.6 cm³/mol. The molecule has 0 fully saturated rings. The molecule has 0 saturated carbocycles. The minimum Gasteiger partial charge on any atom is -0.303 e. The van der Waals surface area contributed by atoms with Crippen molar-refractivity contribution in [2.45, 2.75) is 6.43 Å². The van der Waals surface area contributed by atoms with E-state index >= 15 is 0 Å². The second-order valence-electron chi connectivity index (χ2n) is 1.30. The molecule has 0 aliphatic carbocycles. The molecule has 8 heavy (non-hydrogen) atoms. The molecule has 46 valence electrons. The zero-order valence-electron chi connectivity index (χ0n) is 3.99. The number of hydrogen-bond donors (Lipinski definition) is 2. The number of nitrogens with one attached hydrogen (secondary N) is 2. The maximum Gasteiger partial charge on any atom is 0.296 e. The largest absolute Gasteiger partial charge is 0.303 e. The quantitative estimate of drug-likeness (QED) is 0.500. The zero-order valence-corrected chi connectivity index (χ0v) is 3.99. The predicted octanol–water partition coefficient (Wildman–Crippen LogP) is -0.285. The number of amidine groups is 1. The molecule has 5 heteroatoms. The van der Waals surface area contributed by atoms with Gasteiger partial charge >= 0.3 is 0 Å². The Bertz CT molecular complexity index is 111. The first kappa shape index (κ1) is 5.43. The molecule has 0 radical (unpaired) electrons. The molecule has 0 aromatic rings. The molecule has 1 aliphatic heterocycles. The van der Waals surface area contributed by atoms with Crippen LogP contribution in [0, 0.1) is 0 Å². The third-order valence-electron chi connectivity index (χ3n) is 0.752. The molecular weight excluding hydrogens is 116 g/mol. The molecule has 1 rings (SSSR count). The van der Waals surface area contributed by atoms with E-state index in [0.29, 0.717) is 0 Å². The first-order valence-corrected chi connectivity index (χ1v) is 2.12. The van der Waals surface area contributed by atoms with Gasteiger partial charge < -0.3 is 5.43 Å². The van der Waals surface area contributed by atoms with Gasteiger partial charge in [0, 0.05) is 0 Å². The summed E-state index contributed by atoms with van der Waals surface area (Å²) < 4.78 is 23.0. The van der Waals surface area contributed by atoms with Gasteiger partial charge in [0.15, 0.2) is 5.84 Å². The standard InChI is InChI=1S/C3H5F2N3/c4-2(5)3-6-1-7-8-3/h2,7H,1H2,(H,6,8). The highest BCUT2D eigenvalue weighted by Crippen LogP contribution is 1.94.